The molecule has 1 aromatic carbocycles. The van der Waals surface area contributed by atoms with Gasteiger partial charge in [-0.2, -0.15) is 11.8 Å². The van der Waals surface area contributed by atoms with Crippen LogP contribution in [0.2, 0.25) is 0 Å². The Labute approximate surface area is 183 Å². The number of likely N-dealkylation sites (N-methyl/N-ethyl adjacent to an activating group) is 1. The van der Waals surface area contributed by atoms with Crippen molar-refractivity contribution in [2.75, 3.05) is 53.3 Å². The Morgan fingerprint density at radius 3 is 2.19 bits per heavy atom. The molecule has 0 spiro atoms. The van der Waals surface area contributed by atoms with Crippen LogP contribution in [0.3, 0.4) is 0 Å². The fraction of sp³-hybridized carbons (Fsp3) is 0.500. The van der Waals surface area contributed by atoms with Gasteiger partial charge in [-0.1, -0.05) is 12.1 Å². The molecule has 0 bridgehead atoms. The third-order valence-electron chi connectivity index (χ3n) is 3.53. The lowest BCUT2D eigenvalue weighted by molar-refractivity contribution is -0.127. The van der Waals surface area contributed by atoms with Crippen LogP contribution in [0.25, 0.3) is 0 Å². The van der Waals surface area contributed by atoms with E-state index in [0.29, 0.717) is 18.1 Å². The highest BCUT2D eigenvalue weighted by atomic mass is 127. The normalized spacial score (nSPS) is 10.6. The van der Waals surface area contributed by atoms with Gasteiger partial charge in [0.1, 0.15) is 0 Å². The number of hydrogen-bond donors (Lipinski definition) is 2. The molecule has 1 rings (SSSR count). The molecule has 7 nitrogen and oxygen atoms in total. The SMILES string of the molecule is CSCCNC(=NCc1ccc(C(=O)N(C)C)cc1)NCC(=O)N(C)C.I. The molecule has 0 saturated carbocycles. The van der Waals surface area contributed by atoms with Crippen molar-refractivity contribution in [1.29, 1.82) is 0 Å². The van der Waals surface area contributed by atoms with Crippen LogP contribution in [-0.2, 0) is 11.3 Å². The quantitative estimate of drug-likeness (QED) is 0.242. The van der Waals surface area contributed by atoms with Crippen molar-refractivity contribution < 1.29 is 9.59 Å². The first-order valence-corrected chi connectivity index (χ1v) is 9.76. The molecule has 2 N–H and O–H groups in total. The predicted octanol–water partition coefficient (Wildman–Crippen LogP) is 1.49. The number of hydrogen-bond acceptors (Lipinski definition) is 4. The van der Waals surface area contributed by atoms with E-state index in [1.807, 2.05) is 18.4 Å². The fourth-order valence-electron chi connectivity index (χ4n) is 1.94. The summed E-state index contributed by atoms with van der Waals surface area (Å²) in [6.45, 7) is 1.41. The van der Waals surface area contributed by atoms with Crippen molar-refractivity contribution in [2.45, 2.75) is 6.54 Å². The molecule has 0 aromatic heterocycles. The summed E-state index contributed by atoms with van der Waals surface area (Å²) in [6, 6.07) is 7.39. The van der Waals surface area contributed by atoms with Gasteiger partial charge in [0.15, 0.2) is 5.96 Å². The van der Waals surface area contributed by atoms with Crippen LogP contribution in [0.4, 0.5) is 0 Å². The standard InChI is InChI=1S/C18H29N5O2S.HI/c1-22(2)16(24)13-21-18(19-10-11-26-5)20-12-14-6-8-15(9-7-14)17(25)23(3)4;/h6-9H,10-13H2,1-5H3,(H2,19,20,21);1H. The Kier molecular flexibility index (Phi) is 12.9. The summed E-state index contributed by atoms with van der Waals surface area (Å²) in [5.74, 6) is 1.51. The van der Waals surface area contributed by atoms with E-state index in [2.05, 4.69) is 15.6 Å². The number of benzene rings is 1. The summed E-state index contributed by atoms with van der Waals surface area (Å²) in [5, 5.41) is 6.27. The van der Waals surface area contributed by atoms with Crippen LogP contribution in [0.15, 0.2) is 29.3 Å². The second-order valence-electron chi connectivity index (χ2n) is 6.12. The molecule has 1 aromatic rings. The monoisotopic (exact) mass is 507 g/mol. The number of guanidine groups is 1. The van der Waals surface area contributed by atoms with Gasteiger partial charge >= 0.3 is 0 Å². The highest BCUT2D eigenvalue weighted by Gasteiger charge is 2.08. The van der Waals surface area contributed by atoms with Crippen LogP contribution < -0.4 is 10.6 Å². The van der Waals surface area contributed by atoms with E-state index >= 15 is 0 Å². The fourth-order valence-corrected chi connectivity index (χ4v) is 2.25. The Morgan fingerprint density at radius 1 is 1.04 bits per heavy atom. The number of nitrogens with zero attached hydrogens (tertiary/aromatic N) is 3. The van der Waals surface area contributed by atoms with Gasteiger partial charge < -0.3 is 20.4 Å². The van der Waals surface area contributed by atoms with E-state index in [1.54, 1.807) is 57.0 Å². The first-order chi connectivity index (χ1) is 12.3. The van der Waals surface area contributed by atoms with Crippen LogP contribution in [0.1, 0.15) is 15.9 Å². The van der Waals surface area contributed by atoms with E-state index in [0.717, 1.165) is 17.9 Å². The molecule has 0 aliphatic rings. The third-order valence-corrected chi connectivity index (χ3v) is 4.14. The predicted molar refractivity (Wildman–Crippen MR) is 124 cm³/mol. The van der Waals surface area contributed by atoms with Crippen molar-refractivity contribution >= 4 is 53.5 Å². The van der Waals surface area contributed by atoms with Gasteiger partial charge in [0.2, 0.25) is 5.91 Å². The van der Waals surface area contributed by atoms with Gasteiger partial charge in [0.25, 0.3) is 5.91 Å². The van der Waals surface area contributed by atoms with Gasteiger partial charge in [-0.05, 0) is 24.0 Å². The number of thioether (sulfide) groups is 1. The average molecular weight is 507 g/mol. The average Bonchev–Trinajstić information content (AvgIpc) is 2.62. The molecule has 0 heterocycles. The summed E-state index contributed by atoms with van der Waals surface area (Å²) in [5.41, 5.74) is 1.64. The molecule has 0 atom stereocenters. The summed E-state index contributed by atoms with van der Waals surface area (Å²) < 4.78 is 0. The van der Waals surface area contributed by atoms with E-state index in [-0.39, 0.29) is 42.3 Å². The molecule has 0 unspecified atom stereocenters. The zero-order valence-electron chi connectivity index (χ0n) is 16.6. The summed E-state index contributed by atoms with van der Waals surface area (Å²) in [7, 11) is 6.90. The molecule has 0 radical (unpaired) electrons. The van der Waals surface area contributed by atoms with E-state index in [1.165, 1.54) is 4.90 Å². The lowest BCUT2D eigenvalue weighted by atomic mass is 10.1. The summed E-state index contributed by atoms with van der Waals surface area (Å²) in [4.78, 5) is 31.3. The maximum Gasteiger partial charge on any atom is 0.253 e. The second kappa shape index (κ2) is 13.6. The number of carbonyl (C=O) groups excluding carboxylic acids is 2. The highest BCUT2D eigenvalue weighted by Crippen LogP contribution is 2.07. The van der Waals surface area contributed by atoms with Gasteiger partial charge in [-0.25, -0.2) is 4.99 Å². The minimum atomic E-state index is -0.0247. The van der Waals surface area contributed by atoms with Crippen molar-refractivity contribution in [3.05, 3.63) is 35.4 Å². The number of rotatable bonds is 8. The van der Waals surface area contributed by atoms with Crippen molar-refractivity contribution in [3.63, 3.8) is 0 Å². The van der Waals surface area contributed by atoms with E-state index in [9.17, 15) is 9.59 Å². The maximum absolute atomic E-state index is 11.9. The first kappa shape index (κ1) is 25.5. The van der Waals surface area contributed by atoms with Crippen LogP contribution in [0.5, 0.6) is 0 Å². The van der Waals surface area contributed by atoms with Gasteiger partial charge in [0.05, 0.1) is 13.1 Å². The zero-order valence-corrected chi connectivity index (χ0v) is 19.8. The molecule has 27 heavy (non-hydrogen) atoms. The number of amides is 2. The third kappa shape index (κ3) is 9.85. The van der Waals surface area contributed by atoms with E-state index < -0.39 is 0 Å². The Bertz CT molecular complexity index is 621. The lowest BCUT2D eigenvalue weighted by Gasteiger charge is -2.15. The molecule has 152 valence electrons. The Morgan fingerprint density at radius 2 is 1.67 bits per heavy atom. The molecule has 0 aliphatic carbocycles. The maximum atomic E-state index is 11.9. The van der Waals surface area contributed by atoms with Crippen LogP contribution >= 0.6 is 35.7 Å². The first-order valence-electron chi connectivity index (χ1n) is 8.37. The number of halogens is 1. The van der Waals surface area contributed by atoms with Crippen molar-refractivity contribution in [1.82, 2.24) is 20.4 Å². The van der Waals surface area contributed by atoms with Crippen molar-refractivity contribution in [2.24, 2.45) is 4.99 Å². The minimum absolute atomic E-state index is 0. The Balaban J connectivity index is 0.00000676. The minimum Gasteiger partial charge on any atom is -0.356 e. The van der Waals surface area contributed by atoms with Crippen LogP contribution in [0, 0.1) is 0 Å². The van der Waals surface area contributed by atoms with E-state index in [4.69, 9.17) is 0 Å². The van der Waals surface area contributed by atoms with Gasteiger partial charge in [0, 0.05) is 46.1 Å². The Hall–Kier alpha value is -1.49. The molecule has 0 fully saturated rings. The summed E-state index contributed by atoms with van der Waals surface area (Å²) in [6.07, 6.45) is 2.04. The van der Waals surface area contributed by atoms with Gasteiger partial charge in [-0.15, -0.1) is 24.0 Å². The summed E-state index contributed by atoms with van der Waals surface area (Å²) >= 11 is 1.74. The molecule has 9 heteroatoms. The topological polar surface area (TPSA) is 77.0 Å². The molecule has 2 amide bonds. The van der Waals surface area contributed by atoms with Crippen molar-refractivity contribution in [3.8, 4) is 0 Å². The van der Waals surface area contributed by atoms with Gasteiger partial charge in [-0.3, -0.25) is 9.59 Å². The zero-order chi connectivity index (χ0) is 19.5. The molecular formula is C18H30IN5O2S. The number of carbonyl (C=O) groups is 2. The number of aliphatic imine (C=N–C) groups is 1. The smallest absolute Gasteiger partial charge is 0.253 e. The lowest BCUT2D eigenvalue weighted by Crippen LogP contribution is -2.43. The molecule has 0 saturated heterocycles. The highest BCUT2D eigenvalue weighted by molar-refractivity contribution is 14.0. The second-order valence-corrected chi connectivity index (χ2v) is 7.11. The van der Waals surface area contributed by atoms with Crippen LogP contribution in [-0.4, -0.2) is 80.9 Å². The largest absolute Gasteiger partial charge is 0.356 e. The molecule has 0 aliphatic heterocycles. The molecular weight excluding hydrogens is 477 g/mol. The number of nitrogens with one attached hydrogen (secondary N) is 2.